The summed E-state index contributed by atoms with van der Waals surface area (Å²) in [6.45, 7) is 1.80. The molecule has 2 heterocycles. The van der Waals surface area contributed by atoms with Crippen LogP contribution in [0.25, 0.3) is 0 Å². The highest BCUT2D eigenvalue weighted by Crippen LogP contribution is 2.40. The number of hydrogen-bond acceptors (Lipinski definition) is 2. The van der Waals surface area contributed by atoms with Crippen LogP contribution in [0.3, 0.4) is 0 Å². The summed E-state index contributed by atoms with van der Waals surface area (Å²) in [4.78, 5) is 25.8. The van der Waals surface area contributed by atoms with Crippen molar-refractivity contribution < 1.29 is 14.7 Å². The van der Waals surface area contributed by atoms with E-state index in [9.17, 15) is 9.59 Å². The maximum absolute atomic E-state index is 11.9. The fourth-order valence-electron chi connectivity index (χ4n) is 2.58. The molecule has 0 unspecified atom stereocenters. The van der Waals surface area contributed by atoms with Crippen LogP contribution in [0.15, 0.2) is 0 Å². The molecule has 5 nitrogen and oxygen atoms in total. The van der Waals surface area contributed by atoms with Crippen molar-refractivity contribution in [2.45, 2.75) is 19.3 Å². The van der Waals surface area contributed by atoms with Gasteiger partial charge in [-0.2, -0.15) is 0 Å². The molecule has 84 valence electrons. The lowest BCUT2D eigenvalue weighted by molar-refractivity contribution is -0.137. The van der Waals surface area contributed by atoms with Crippen molar-refractivity contribution in [2.24, 2.45) is 5.41 Å². The van der Waals surface area contributed by atoms with Crippen LogP contribution < -0.4 is 0 Å². The van der Waals surface area contributed by atoms with Crippen molar-refractivity contribution in [1.82, 2.24) is 9.80 Å². The maximum Gasteiger partial charge on any atom is 0.407 e. The first-order valence-electron chi connectivity index (χ1n) is 5.29. The molecule has 0 bridgehead atoms. The van der Waals surface area contributed by atoms with Crippen LogP contribution in [0.1, 0.15) is 19.3 Å². The third kappa shape index (κ3) is 1.56. The fourth-order valence-corrected chi connectivity index (χ4v) is 2.58. The van der Waals surface area contributed by atoms with Gasteiger partial charge in [0.25, 0.3) is 0 Å². The zero-order chi connectivity index (χ0) is 11.1. The highest BCUT2D eigenvalue weighted by molar-refractivity contribution is 5.85. The molecule has 0 aliphatic carbocycles. The number of piperidine rings is 1. The molecule has 2 aliphatic heterocycles. The molecule has 2 saturated heterocycles. The highest BCUT2D eigenvalue weighted by atomic mass is 16.4. The number of rotatable bonds is 0. The molecule has 2 amide bonds. The summed E-state index contributed by atoms with van der Waals surface area (Å²) in [6, 6.07) is 0. The smallest absolute Gasteiger partial charge is 0.407 e. The number of nitrogens with zero attached hydrogens (tertiary/aromatic N) is 2. The largest absolute Gasteiger partial charge is 0.465 e. The zero-order valence-electron chi connectivity index (χ0n) is 8.90. The van der Waals surface area contributed by atoms with Crippen molar-refractivity contribution in [3.63, 3.8) is 0 Å². The van der Waals surface area contributed by atoms with E-state index in [2.05, 4.69) is 0 Å². The van der Waals surface area contributed by atoms with Gasteiger partial charge in [-0.3, -0.25) is 4.79 Å². The monoisotopic (exact) mass is 212 g/mol. The van der Waals surface area contributed by atoms with E-state index >= 15 is 0 Å². The van der Waals surface area contributed by atoms with Crippen LogP contribution in [-0.2, 0) is 4.79 Å². The third-order valence-corrected chi connectivity index (χ3v) is 3.72. The molecule has 0 aromatic carbocycles. The lowest BCUT2D eigenvalue weighted by Gasteiger charge is -2.36. The standard InChI is InChI=1S/C10H16N2O3/c1-11-5-2-10(8(11)13)3-6-12(7-4-10)9(14)15/h2-7H2,1H3,(H,14,15). The fraction of sp³-hybridized carbons (Fsp3) is 0.800. The van der Waals surface area contributed by atoms with E-state index in [-0.39, 0.29) is 11.3 Å². The average Bonchev–Trinajstić information content (AvgIpc) is 2.48. The van der Waals surface area contributed by atoms with Gasteiger partial charge in [-0.25, -0.2) is 4.79 Å². The molecule has 1 spiro atoms. The Kier molecular flexibility index (Phi) is 2.32. The van der Waals surface area contributed by atoms with Gasteiger partial charge in [-0.15, -0.1) is 0 Å². The number of carboxylic acid groups (broad SMARTS) is 1. The van der Waals surface area contributed by atoms with Crippen molar-refractivity contribution in [3.8, 4) is 0 Å². The van der Waals surface area contributed by atoms with Gasteiger partial charge >= 0.3 is 6.09 Å². The summed E-state index contributed by atoms with van der Waals surface area (Å²) >= 11 is 0. The van der Waals surface area contributed by atoms with E-state index in [1.54, 1.807) is 4.90 Å². The summed E-state index contributed by atoms with van der Waals surface area (Å²) in [6.07, 6.45) is 1.38. The van der Waals surface area contributed by atoms with Crippen molar-refractivity contribution in [2.75, 3.05) is 26.7 Å². The van der Waals surface area contributed by atoms with E-state index in [0.29, 0.717) is 25.9 Å². The Balaban J connectivity index is 2.04. The molecule has 2 fully saturated rings. The third-order valence-electron chi connectivity index (χ3n) is 3.72. The summed E-state index contributed by atoms with van der Waals surface area (Å²) < 4.78 is 0. The lowest BCUT2D eigenvalue weighted by Crippen LogP contribution is -2.45. The van der Waals surface area contributed by atoms with E-state index in [1.807, 2.05) is 7.05 Å². The van der Waals surface area contributed by atoms with Gasteiger partial charge in [0.1, 0.15) is 0 Å². The van der Waals surface area contributed by atoms with E-state index in [1.165, 1.54) is 4.90 Å². The Morgan fingerprint density at radius 2 is 1.80 bits per heavy atom. The Labute approximate surface area is 88.6 Å². The number of amides is 2. The molecule has 0 aromatic heterocycles. The minimum absolute atomic E-state index is 0.201. The minimum atomic E-state index is -0.872. The lowest BCUT2D eigenvalue weighted by atomic mass is 9.77. The van der Waals surface area contributed by atoms with Gasteiger partial charge in [-0.1, -0.05) is 0 Å². The number of hydrogen-bond donors (Lipinski definition) is 1. The predicted molar refractivity (Wildman–Crippen MR) is 53.5 cm³/mol. The molecular formula is C10H16N2O3. The average molecular weight is 212 g/mol. The predicted octanol–water partition coefficient (Wildman–Crippen LogP) is 0.609. The summed E-state index contributed by atoms with van der Waals surface area (Å²) in [7, 11) is 1.82. The molecular weight excluding hydrogens is 196 g/mol. The van der Waals surface area contributed by atoms with Crippen LogP contribution in [0.4, 0.5) is 4.79 Å². The number of carbonyl (C=O) groups excluding carboxylic acids is 1. The Bertz CT molecular complexity index is 295. The summed E-state index contributed by atoms with van der Waals surface area (Å²) in [5.74, 6) is 0.201. The van der Waals surface area contributed by atoms with Crippen LogP contribution in [0.2, 0.25) is 0 Å². The quantitative estimate of drug-likeness (QED) is 0.640. The summed E-state index contributed by atoms with van der Waals surface area (Å²) in [5, 5.41) is 8.82. The molecule has 2 rings (SSSR count). The van der Waals surface area contributed by atoms with Gasteiger partial charge < -0.3 is 14.9 Å². The molecule has 0 atom stereocenters. The molecule has 1 N–H and O–H groups in total. The molecule has 0 aromatic rings. The molecule has 0 radical (unpaired) electrons. The molecule has 2 aliphatic rings. The van der Waals surface area contributed by atoms with Crippen molar-refractivity contribution in [1.29, 1.82) is 0 Å². The topological polar surface area (TPSA) is 60.9 Å². The minimum Gasteiger partial charge on any atom is -0.465 e. The van der Waals surface area contributed by atoms with Gasteiger partial charge in [-0.05, 0) is 19.3 Å². The zero-order valence-corrected chi connectivity index (χ0v) is 8.90. The molecule has 0 saturated carbocycles. The summed E-state index contributed by atoms with van der Waals surface area (Å²) in [5.41, 5.74) is -0.249. The first kappa shape index (κ1) is 10.3. The molecule has 15 heavy (non-hydrogen) atoms. The van der Waals surface area contributed by atoms with Gasteiger partial charge in [0.05, 0.1) is 5.41 Å². The molecule has 5 heteroatoms. The normalized spacial score (nSPS) is 25.0. The van der Waals surface area contributed by atoms with Gasteiger partial charge in [0, 0.05) is 26.7 Å². The van der Waals surface area contributed by atoms with Crippen LogP contribution >= 0.6 is 0 Å². The van der Waals surface area contributed by atoms with E-state index < -0.39 is 6.09 Å². The van der Waals surface area contributed by atoms with E-state index in [4.69, 9.17) is 5.11 Å². The van der Waals surface area contributed by atoms with Crippen molar-refractivity contribution >= 4 is 12.0 Å². The van der Waals surface area contributed by atoms with Crippen LogP contribution in [-0.4, -0.2) is 53.6 Å². The van der Waals surface area contributed by atoms with Gasteiger partial charge in [0.2, 0.25) is 5.91 Å². The highest BCUT2D eigenvalue weighted by Gasteiger charge is 2.47. The number of carbonyl (C=O) groups is 2. The number of likely N-dealkylation sites (tertiary alicyclic amines) is 2. The van der Waals surface area contributed by atoms with E-state index in [0.717, 1.165) is 13.0 Å². The first-order chi connectivity index (χ1) is 7.05. The SMILES string of the molecule is CN1CCC2(CCN(C(=O)O)CC2)C1=O. The van der Waals surface area contributed by atoms with Gasteiger partial charge in [0.15, 0.2) is 0 Å². The first-order valence-corrected chi connectivity index (χ1v) is 5.29. The Morgan fingerprint density at radius 3 is 2.20 bits per heavy atom. The Morgan fingerprint density at radius 1 is 1.27 bits per heavy atom. The maximum atomic E-state index is 11.9. The Hall–Kier alpha value is -1.26. The second kappa shape index (κ2) is 3.40. The van der Waals surface area contributed by atoms with Crippen LogP contribution in [0.5, 0.6) is 0 Å². The van der Waals surface area contributed by atoms with Crippen molar-refractivity contribution in [3.05, 3.63) is 0 Å². The second-order valence-corrected chi connectivity index (χ2v) is 4.53. The second-order valence-electron chi connectivity index (χ2n) is 4.53. The van der Waals surface area contributed by atoms with Crippen LogP contribution in [0, 0.1) is 5.41 Å².